The number of amides is 1. The van der Waals surface area contributed by atoms with E-state index in [9.17, 15) is 14.7 Å². The lowest BCUT2D eigenvalue weighted by atomic mass is 9.78. The molecule has 1 aromatic rings. The highest BCUT2D eigenvalue weighted by Gasteiger charge is 2.43. The first-order chi connectivity index (χ1) is 11.0. The van der Waals surface area contributed by atoms with E-state index in [0.29, 0.717) is 6.61 Å². The minimum Gasteiger partial charge on any atom is -0.480 e. The van der Waals surface area contributed by atoms with Gasteiger partial charge in [-0.3, -0.25) is 4.79 Å². The first kappa shape index (κ1) is 17.9. The Morgan fingerprint density at radius 2 is 1.91 bits per heavy atom. The fourth-order valence-electron chi connectivity index (χ4n) is 3.18. The van der Waals surface area contributed by atoms with Gasteiger partial charge in [0.05, 0.1) is 5.41 Å². The van der Waals surface area contributed by atoms with E-state index in [2.05, 4.69) is 21.2 Å². The van der Waals surface area contributed by atoms with Gasteiger partial charge in [-0.05, 0) is 30.5 Å². The molecule has 0 aromatic heterocycles. The van der Waals surface area contributed by atoms with E-state index < -0.39 is 17.4 Å². The molecule has 2 N–H and O–H groups in total. The van der Waals surface area contributed by atoms with Gasteiger partial charge in [-0.25, -0.2) is 4.79 Å². The van der Waals surface area contributed by atoms with Gasteiger partial charge >= 0.3 is 5.97 Å². The molecule has 1 fully saturated rings. The molecule has 0 saturated heterocycles. The van der Waals surface area contributed by atoms with Crippen LogP contribution >= 0.6 is 15.9 Å². The molecule has 6 heteroatoms. The van der Waals surface area contributed by atoms with Gasteiger partial charge in [0.15, 0.2) is 0 Å². The first-order valence-corrected chi connectivity index (χ1v) is 8.57. The number of carbonyl (C=O) groups is 2. The molecule has 1 aromatic carbocycles. The average Bonchev–Trinajstić information content (AvgIpc) is 3.02. The Kier molecular flexibility index (Phi) is 6.18. The Morgan fingerprint density at radius 3 is 2.43 bits per heavy atom. The van der Waals surface area contributed by atoms with Gasteiger partial charge in [0.25, 0.3) is 0 Å². The SMILES string of the molecule is COCCC(NC(=O)C1(c2ccc(Br)cc2)CCCC1)C(=O)O. The lowest BCUT2D eigenvalue weighted by Gasteiger charge is -2.30. The number of carboxylic acids is 1. The Balaban J connectivity index is 2.21. The van der Waals surface area contributed by atoms with Crippen LogP contribution in [0.4, 0.5) is 0 Å². The second kappa shape index (κ2) is 7.93. The van der Waals surface area contributed by atoms with E-state index in [0.717, 1.165) is 35.7 Å². The monoisotopic (exact) mass is 383 g/mol. The zero-order chi connectivity index (χ0) is 16.9. The third-order valence-corrected chi connectivity index (χ3v) is 5.03. The smallest absolute Gasteiger partial charge is 0.326 e. The van der Waals surface area contributed by atoms with E-state index in [1.807, 2.05) is 24.3 Å². The van der Waals surface area contributed by atoms with Crippen molar-refractivity contribution in [2.24, 2.45) is 0 Å². The van der Waals surface area contributed by atoms with Crippen molar-refractivity contribution in [2.75, 3.05) is 13.7 Å². The van der Waals surface area contributed by atoms with Crippen molar-refractivity contribution in [2.45, 2.75) is 43.6 Å². The van der Waals surface area contributed by atoms with Gasteiger partial charge in [0.1, 0.15) is 6.04 Å². The second-order valence-electron chi connectivity index (χ2n) is 5.94. The molecule has 2 rings (SSSR count). The van der Waals surface area contributed by atoms with Crippen molar-refractivity contribution in [1.29, 1.82) is 0 Å². The summed E-state index contributed by atoms with van der Waals surface area (Å²) in [5, 5.41) is 12.0. The Bertz CT molecular complexity index is 552. The van der Waals surface area contributed by atoms with E-state index in [1.165, 1.54) is 7.11 Å². The van der Waals surface area contributed by atoms with E-state index in [1.54, 1.807) is 0 Å². The minimum atomic E-state index is -1.03. The van der Waals surface area contributed by atoms with Crippen LogP contribution in [0.2, 0.25) is 0 Å². The number of halogens is 1. The lowest BCUT2D eigenvalue weighted by Crippen LogP contribution is -2.50. The van der Waals surface area contributed by atoms with Gasteiger partial charge in [0, 0.05) is 24.6 Å². The minimum absolute atomic E-state index is 0.194. The maximum Gasteiger partial charge on any atom is 0.326 e. The number of methoxy groups -OCH3 is 1. The van der Waals surface area contributed by atoms with Crippen molar-refractivity contribution < 1.29 is 19.4 Å². The number of carboxylic acid groups (broad SMARTS) is 1. The van der Waals surface area contributed by atoms with E-state index in [-0.39, 0.29) is 12.3 Å². The van der Waals surface area contributed by atoms with E-state index in [4.69, 9.17) is 4.74 Å². The summed E-state index contributed by atoms with van der Waals surface area (Å²) in [6, 6.07) is 6.81. The van der Waals surface area contributed by atoms with Crippen molar-refractivity contribution in [3.63, 3.8) is 0 Å². The molecule has 1 aliphatic carbocycles. The summed E-state index contributed by atoms with van der Waals surface area (Å²) >= 11 is 3.40. The number of hydrogen-bond acceptors (Lipinski definition) is 3. The molecule has 0 bridgehead atoms. The maximum atomic E-state index is 12.9. The predicted octanol–water partition coefficient (Wildman–Crippen LogP) is 2.87. The van der Waals surface area contributed by atoms with Crippen LogP contribution in [0.5, 0.6) is 0 Å². The van der Waals surface area contributed by atoms with Crippen LogP contribution in [0.15, 0.2) is 28.7 Å². The first-order valence-electron chi connectivity index (χ1n) is 7.78. The Hall–Kier alpha value is -1.40. The van der Waals surface area contributed by atoms with Crippen LogP contribution in [-0.4, -0.2) is 36.7 Å². The Labute approximate surface area is 144 Å². The van der Waals surface area contributed by atoms with Gasteiger partial charge in [-0.2, -0.15) is 0 Å². The average molecular weight is 384 g/mol. The number of nitrogens with one attached hydrogen (secondary N) is 1. The van der Waals surface area contributed by atoms with Crippen LogP contribution < -0.4 is 5.32 Å². The third kappa shape index (κ3) is 4.12. The van der Waals surface area contributed by atoms with Gasteiger partial charge in [-0.1, -0.05) is 40.9 Å². The largest absolute Gasteiger partial charge is 0.480 e. The normalized spacial score (nSPS) is 17.7. The molecule has 1 aliphatic rings. The fourth-order valence-corrected chi connectivity index (χ4v) is 3.45. The van der Waals surface area contributed by atoms with Gasteiger partial charge < -0.3 is 15.2 Å². The summed E-state index contributed by atoms with van der Waals surface area (Å²) in [6.45, 7) is 0.294. The second-order valence-corrected chi connectivity index (χ2v) is 6.86. The Morgan fingerprint density at radius 1 is 1.30 bits per heavy atom. The molecule has 0 spiro atoms. The highest BCUT2D eigenvalue weighted by atomic mass is 79.9. The number of benzene rings is 1. The highest BCUT2D eigenvalue weighted by Crippen LogP contribution is 2.41. The van der Waals surface area contributed by atoms with E-state index >= 15 is 0 Å². The molecule has 5 nitrogen and oxygen atoms in total. The van der Waals surface area contributed by atoms with Crippen LogP contribution in [0, 0.1) is 0 Å². The summed E-state index contributed by atoms with van der Waals surface area (Å²) in [4.78, 5) is 24.3. The van der Waals surface area contributed by atoms with Crippen LogP contribution in [0.25, 0.3) is 0 Å². The summed E-state index contributed by atoms with van der Waals surface area (Å²) in [5.41, 5.74) is 0.327. The molecule has 0 heterocycles. The van der Waals surface area contributed by atoms with Crippen LogP contribution in [-0.2, 0) is 19.7 Å². The van der Waals surface area contributed by atoms with Crippen LogP contribution in [0.3, 0.4) is 0 Å². The summed E-state index contributed by atoms with van der Waals surface area (Å²) in [6.07, 6.45) is 3.70. The highest BCUT2D eigenvalue weighted by molar-refractivity contribution is 9.10. The van der Waals surface area contributed by atoms with Crippen LogP contribution in [0.1, 0.15) is 37.7 Å². The fraction of sp³-hybridized carbons (Fsp3) is 0.529. The number of carbonyl (C=O) groups excluding carboxylic acids is 1. The molecule has 126 valence electrons. The molecule has 1 saturated carbocycles. The summed E-state index contributed by atoms with van der Waals surface area (Å²) in [7, 11) is 1.51. The maximum absolute atomic E-state index is 12.9. The number of ether oxygens (including phenoxy) is 1. The molecule has 1 atom stereocenters. The molecule has 1 amide bonds. The van der Waals surface area contributed by atoms with Crippen molar-refractivity contribution in [3.8, 4) is 0 Å². The van der Waals surface area contributed by atoms with Gasteiger partial charge in [0.2, 0.25) is 5.91 Å². The zero-order valence-corrected chi connectivity index (χ0v) is 14.8. The molecular weight excluding hydrogens is 362 g/mol. The quantitative estimate of drug-likeness (QED) is 0.758. The zero-order valence-electron chi connectivity index (χ0n) is 13.2. The van der Waals surface area contributed by atoms with Crippen molar-refractivity contribution >= 4 is 27.8 Å². The number of rotatable bonds is 7. The van der Waals surface area contributed by atoms with Crippen molar-refractivity contribution in [1.82, 2.24) is 5.32 Å². The molecule has 1 unspecified atom stereocenters. The molecule has 23 heavy (non-hydrogen) atoms. The molecular formula is C17H22BrNO4. The summed E-state index contributed by atoms with van der Waals surface area (Å²) < 4.78 is 5.89. The lowest BCUT2D eigenvalue weighted by molar-refractivity contribution is -0.143. The number of aliphatic carboxylic acids is 1. The van der Waals surface area contributed by atoms with Gasteiger partial charge in [-0.15, -0.1) is 0 Å². The topological polar surface area (TPSA) is 75.6 Å². The molecule has 0 aliphatic heterocycles. The standard InChI is InChI=1S/C17H22BrNO4/c1-23-11-8-14(15(20)21)19-16(22)17(9-2-3-10-17)12-4-6-13(18)7-5-12/h4-7,14H,2-3,8-11H2,1H3,(H,19,22)(H,20,21). The predicted molar refractivity (Wildman–Crippen MR) is 90.3 cm³/mol. The molecule has 0 radical (unpaired) electrons. The van der Waals surface area contributed by atoms with Crippen molar-refractivity contribution in [3.05, 3.63) is 34.3 Å². The number of hydrogen-bond donors (Lipinski definition) is 2. The third-order valence-electron chi connectivity index (χ3n) is 4.50. The summed E-state index contributed by atoms with van der Waals surface area (Å²) in [5.74, 6) is -1.22.